The van der Waals surface area contributed by atoms with Crippen molar-refractivity contribution in [2.75, 3.05) is 13.2 Å². The van der Waals surface area contributed by atoms with Crippen LogP contribution < -0.4 is 0 Å². The topological polar surface area (TPSA) is 78.9 Å². The third-order valence-corrected chi connectivity index (χ3v) is 10.6. The molecule has 52 heavy (non-hydrogen) atoms. The zero-order valence-electron chi connectivity index (χ0n) is 35.4. The van der Waals surface area contributed by atoms with Crippen molar-refractivity contribution >= 4 is 17.9 Å². The summed E-state index contributed by atoms with van der Waals surface area (Å²) >= 11 is 0. The Labute approximate surface area is 323 Å². The van der Waals surface area contributed by atoms with Crippen LogP contribution in [0.15, 0.2) is 0 Å². The first kappa shape index (κ1) is 50.4. The highest BCUT2D eigenvalue weighted by molar-refractivity contribution is 5.71. The quantitative estimate of drug-likeness (QED) is 0.0354. The minimum absolute atomic E-state index is 0.0654. The lowest BCUT2D eigenvalue weighted by atomic mass is 9.99. The van der Waals surface area contributed by atoms with Gasteiger partial charge in [0.2, 0.25) is 0 Å². The van der Waals surface area contributed by atoms with Gasteiger partial charge in [-0.15, -0.1) is 0 Å². The molecule has 6 heteroatoms. The normalized spacial score (nSPS) is 12.6. The van der Waals surface area contributed by atoms with E-state index in [9.17, 15) is 14.4 Å². The zero-order chi connectivity index (χ0) is 38.3. The van der Waals surface area contributed by atoms with E-state index in [0.717, 1.165) is 69.6 Å². The van der Waals surface area contributed by atoms with Gasteiger partial charge in [-0.3, -0.25) is 14.4 Å². The third kappa shape index (κ3) is 38.1. The van der Waals surface area contributed by atoms with E-state index in [1.165, 1.54) is 135 Å². The molecule has 1 unspecified atom stereocenters. The maximum atomic E-state index is 12.7. The lowest BCUT2D eigenvalue weighted by Crippen LogP contribution is -2.30. The number of esters is 3. The molecule has 0 aromatic carbocycles. The minimum atomic E-state index is -0.760. The van der Waals surface area contributed by atoms with Gasteiger partial charge in [-0.2, -0.15) is 0 Å². The summed E-state index contributed by atoms with van der Waals surface area (Å²) in [6.45, 7) is 11.3. The van der Waals surface area contributed by atoms with Gasteiger partial charge >= 0.3 is 17.9 Å². The van der Waals surface area contributed by atoms with E-state index >= 15 is 0 Å². The Kier molecular flexibility index (Phi) is 37.9. The summed E-state index contributed by atoms with van der Waals surface area (Å²) < 4.78 is 16.7. The van der Waals surface area contributed by atoms with Gasteiger partial charge in [0.15, 0.2) is 6.10 Å². The number of carbonyl (C=O) groups excluding carboxylic acids is 3. The Balaban J connectivity index is 4.33. The van der Waals surface area contributed by atoms with E-state index in [1.807, 2.05) is 0 Å². The molecule has 0 aliphatic heterocycles. The predicted molar refractivity (Wildman–Crippen MR) is 220 cm³/mol. The van der Waals surface area contributed by atoms with E-state index in [0.29, 0.717) is 19.3 Å². The van der Waals surface area contributed by atoms with Crippen LogP contribution >= 0.6 is 0 Å². The SMILES string of the molecule is CCCCCCCCCCCC(=O)OC[C@@H](COC(=O)CCCCCCCCCCCCC(C)C)OC(=O)CCCCCCCCCCC(C)CC. The van der Waals surface area contributed by atoms with Crippen LogP contribution in [0.4, 0.5) is 0 Å². The molecule has 0 saturated carbocycles. The average Bonchev–Trinajstić information content (AvgIpc) is 3.12. The van der Waals surface area contributed by atoms with Crippen molar-refractivity contribution in [1.29, 1.82) is 0 Å². The summed E-state index contributed by atoms with van der Waals surface area (Å²) in [5.74, 6) is 0.802. The Morgan fingerprint density at radius 1 is 0.404 bits per heavy atom. The summed E-state index contributed by atoms with van der Waals surface area (Å²) in [5.41, 5.74) is 0. The molecule has 0 N–H and O–H groups in total. The molecule has 0 aliphatic carbocycles. The molecule has 0 heterocycles. The van der Waals surface area contributed by atoms with E-state index in [-0.39, 0.29) is 31.1 Å². The van der Waals surface area contributed by atoms with Gasteiger partial charge in [0.1, 0.15) is 13.2 Å². The Morgan fingerprint density at radius 2 is 0.731 bits per heavy atom. The molecule has 308 valence electrons. The minimum Gasteiger partial charge on any atom is -0.462 e. The van der Waals surface area contributed by atoms with Crippen molar-refractivity contribution in [1.82, 2.24) is 0 Å². The molecule has 0 amide bonds. The van der Waals surface area contributed by atoms with Crippen molar-refractivity contribution < 1.29 is 28.6 Å². The van der Waals surface area contributed by atoms with Crippen molar-refractivity contribution in [3.8, 4) is 0 Å². The van der Waals surface area contributed by atoms with Crippen LogP contribution in [-0.4, -0.2) is 37.2 Å². The highest BCUT2D eigenvalue weighted by atomic mass is 16.6. The van der Waals surface area contributed by atoms with Gasteiger partial charge in [0, 0.05) is 19.3 Å². The second-order valence-corrected chi connectivity index (χ2v) is 16.4. The molecule has 2 atom stereocenters. The van der Waals surface area contributed by atoms with Gasteiger partial charge in [-0.25, -0.2) is 0 Å². The average molecular weight is 737 g/mol. The van der Waals surface area contributed by atoms with Crippen LogP contribution in [-0.2, 0) is 28.6 Å². The summed E-state index contributed by atoms with van der Waals surface area (Å²) in [5, 5.41) is 0. The molecule has 0 bridgehead atoms. The van der Waals surface area contributed by atoms with Crippen molar-refractivity contribution in [3.05, 3.63) is 0 Å². The van der Waals surface area contributed by atoms with Gasteiger partial charge in [-0.1, -0.05) is 208 Å². The lowest BCUT2D eigenvalue weighted by molar-refractivity contribution is -0.167. The predicted octanol–water partition coefficient (Wildman–Crippen LogP) is 14.2. The van der Waals surface area contributed by atoms with Crippen molar-refractivity contribution in [3.63, 3.8) is 0 Å². The lowest BCUT2D eigenvalue weighted by Gasteiger charge is -2.18. The van der Waals surface area contributed by atoms with Gasteiger partial charge in [0.05, 0.1) is 0 Å². The first-order valence-electron chi connectivity index (χ1n) is 22.8. The van der Waals surface area contributed by atoms with Crippen LogP contribution in [0.2, 0.25) is 0 Å². The van der Waals surface area contributed by atoms with E-state index in [2.05, 4.69) is 34.6 Å². The first-order chi connectivity index (χ1) is 25.3. The van der Waals surface area contributed by atoms with Crippen LogP contribution in [0.25, 0.3) is 0 Å². The van der Waals surface area contributed by atoms with Crippen molar-refractivity contribution in [2.24, 2.45) is 11.8 Å². The van der Waals surface area contributed by atoms with Gasteiger partial charge < -0.3 is 14.2 Å². The molecule has 0 aromatic rings. The summed E-state index contributed by atoms with van der Waals surface area (Å²) in [6, 6.07) is 0. The van der Waals surface area contributed by atoms with Crippen LogP contribution in [0.5, 0.6) is 0 Å². The number of unbranched alkanes of at least 4 members (excludes halogenated alkanes) is 24. The van der Waals surface area contributed by atoms with E-state index in [4.69, 9.17) is 14.2 Å². The smallest absolute Gasteiger partial charge is 0.306 e. The fourth-order valence-corrected chi connectivity index (χ4v) is 6.72. The highest BCUT2D eigenvalue weighted by Gasteiger charge is 2.19. The molecule has 6 nitrogen and oxygen atoms in total. The molecule has 0 saturated heterocycles. The van der Waals surface area contributed by atoms with E-state index < -0.39 is 6.10 Å². The molecule has 0 aliphatic rings. The Bertz CT molecular complexity index is 796. The second kappa shape index (κ2) is 39.1. The number of hydrogen-bond donors (Lipinski definition) is 0. The van der Waals surface area contributed by atoms with Gasteiger partial charge in [-0.05, 0) is 31.1 Å². The molecular formula is C46H88O6. The van der Waals surface area contributed by atoms with E-state index in [1.54, 1.807) is 0 Å². The zero-order valence-corrected chi connectivity index (χ0v) is 35.4. The van der Waals surface area contributed by atoms with Crippen LogP contribution in [0.1, 0.15) is 247 Å². The molecular weight excluding hydrogens is 649 g/mol. The summed E-state index contributed by atoms with van der Waals surface area (Å²) in [6.07, 6.45) is 36.5. The number of carbonyl (C=O) groups is 3. The number of ether oxygens (including phenoxy) is 3. The summed E-state index contributed by atoms with van der Waals surface area (Å²) in [7, 11) is 0. The fraction of sp³-hybridized carbons (Fsp3) is 0.935. The second-order valence-electron chi connectivity index (χ2n) is 16.4. The third-order valence-electron chi connectivity index (χ3n) is 10.6. The standard InChI is InChI=1S/C46H88O6/c1-6-8-9-10-11-14-21-26-31-36-44(47)50-39-43(52-46(49)38-33-28-23-18-17-20-25-30-35-42(5)7-2)40-51-45(48)37-32-27-22-16-13-12-15-19-24-29-34-41(3)4/h41-43H,6-40H2,1-5H3/t42?,43-/m0/s1. The molecule has 0 aromatic heterocycles. The number of hydrogen-bond acceptors (Lipinski definition) is 6. The maximum absolute atomic E-state index is 12.7. The van der Waals surface area contributed by atoms with Crippen LogP contribution in [0, 0.1) is 11.8 Å². The largest absolute Gasteiger partial charge is 0.462 e. The maximum Gasteiger partial charge on any atom is 0.306 e. The molecule has 0 spiro atoms. The molecule has 0 radical (unpaired) electrons. The Morgan fingerprint density at radius 3 is 1.10 bits per heavy atom. The Hall–Kier alpha value is -1.59. The fourth-order valence-electron chi connectivity index (χ4n) is 6.72. The summed E-state index contributed by atoms with van der Waals surface area (Å²) in [4.78, 5) is 37.7. The first-order valence-corrected chi connectivity index (χ1v) is 22.8. The van der Waals surface area contributed by atoms with Gasteiger partial charge in [0.25, 0.3) is 0 Å². The number of rotatable bonds is 40. The van der Waals surface area contributed by atoms with Crippen molar-refractivity contribution in [2.45, 2.75) is 253 Å². The molecule has 0 fully saturated rings. The monoisotopic (exact) mass is 737 g/mol. The van der Waals surface area contributed by atoms with Crippen LogP contribution in [0.3, 0.4) is 0 Å². The highest BCUT2D eigenvalue weighted by Crippen LogP contribution is 2.17. The molecule has 0 rings (SSSR count).